The number of rotatable bonds is 9. The maximum Gasteiger partial charge on any atom is 0.333 e. The van der Waals surface area contributed by atoms with Crippen LogP contribution in [-0.4, -0.2) is 68.2 Å². The van der Waals surface area contributed by atoms with Crippen molar-refractivity contribution in [3.63, 3.8) is 0 Å². The molecule has 2 amide bonds. The molecule has 35 heavy (non-hydrogen) atoms. The number of nitrogens with zero attached hydrogens (tertiary/aromatic N) is 1. The number of carbonyl (C=O) groups is 6. The number of imide groups is 1. The molecular formula is C20H31N5O10. The molecule has 1 atom stereocenters. The van der Waals surface area contributed by atoms with E-state index in [4.69, 9.17) is 4.84 Å². The van der Waals surface area contributed by atoms with Crippen LogP contribution in [-0.2, 0) is 33.6 Å². The lowest BCUT2D eigenvalue weighted by molar-refractivity contribution is -0.201. The Morgan fingerprint density at radius 3 is 1.94 bits per heavy atom. The predicted molar refractivity (Wildman–Crippen MR) is 114 cm³/mol. The van der Waals surface area contributed by atoms with Gasteiger partial charge in [-0.1, -0.05) is 19.3 Å². The summed E-state index contributed by atoms with van der Waals surface area (Å²) in [7, 11) is 0. The van der Waals surface area contributed by atoms with Crippen LogP contribution in [0.1, 0.15) is 70.6 Å². The molecule has 0 bridgehead atoms. The van der Waals surface area contributed by atoms with Crippen molar-refractivity contribution in [3.8, 4) is 0 Å². The highest BCUT2D eigenvalue weighted by Crippen LogP contribution is 2.48. The van der Waals surface area contributed by atoms with Crippen LogP contribution in [0, 0.1) is 5.41 Å². The van der Waals surface area contributed by atoms with E-state index in [1.165, 1.54) is 0 Å². The minimum Gasteiger partial charge on any atom is -0.481 e. The van der Waals surface area contributed by atoms with Crippen molar-refractivity contribution in [1.29, 1.82) is 0 Å². The predicted octanol–water partition coefficient (Wildman–Crippen LogP) is -0.799. The fraction of sp³-hybridized carbons (Fsp3) is 0.700. The number of aliphatic carboxylic acids is 3. The summed E-state index contributed by atoms with van der Waals surface area (Å²) in [5.74, 6) is -6.91. The lowest BCUT2D eigenvalue weighted by Crippen LogP contribution is -2.68. The van der Waals surface area contributed by atoms with Crippen molar-refractivity contribution in [2.75, 3.05) is 6.54 Å². The maximum atomic E-state index is 12.9. The molecule has 0 aliphatic carbocycles. The van der Waals surface area contributed by atoms with Crippen LogP contribution in [0.2, 0.25) is 0 Å². The van der Waals surface area contributed by atoms with E-state index in [1.807, 2.05) is 0 Å². The number of hydroxylamine groups is 2. The molecule has 2 fully saturated rings. The highest BCUT2D eigenvalue weighted by atomic mass is 16.7. The van der Waals surface area contributed by atoms with Gasteiger partial charge in [0.2, 0.25) is 0 Å². The molecule has 2 aliphatic rings. The van der Waals surface area contributed by atoms with Gasteiger partial charge in [-0.3, -0.25) is 24.0 Å². The van der Waals surface area contributed by atoms with Gasteiger partial charge in [0.25, 0.3) is 11.8 Å². The first-order valence-corrected chi connectivity index (χ1v) is 11.2. The Bertz CT molecular complexity index is 818. The summed E-state index contributed by atoms with van der Waals surface area (Å²) in [5.41, 5.74) is 6.68. The van der Waals surface area contributed by atoms with Gasteiger partial charge in [-0.25, -0.2) is 15.6 Å². The first-order chi connectivity index (χ1) is 16.5. The van der Waals surface area contributed by atoms with E-state index in [2.05, 4.69) is 21.9 Å². The average Bonchev–Trinajstić information content (AvgIpc) is 3.04. The number of carboxylic acids is 3. The minimum absolute atomic E-state index is 0.0427. The second-order valence-electron chi connectivity index (χ2n) is 8.76. The van der Waals surface area contributed by atoms with Gasteiger partial charge in [0.05, 0.1) is 31.2 Å². The highest BCUT2D eigenvalue weighted by molar-refractivity contribution is 6.01. The summed E-state index contributed by atoms with van der Waals surface area (Å²) in [6.45, 7) is 0.546. The van der Waals surface area contributed by atoms with E-state index >= 15 is 0 Å². The van der Waals surface area contributed by atoms with Crippen molar-refractivity contribution in [2.24, 2.45) is 5.41 Å². The lowest BCUT2D eigenvalue weighted by atomic mass is 9.60. The quantitative estimate of drug-likeness (QED) is 0.192. The Hall–Kier alpha value is -3.14. The normalized spacial score (nSPS) is 23.7. The Balaban J connectivity index is 2.55. The van der Waals surface area contributed by atoms with Gasteiger partial charge in [0.15, 0.2) is 0 Å². The van der Waals surface area contributed by atoms with Gasteiger partial charge < -0.3 is 20.2 Å². The molecule has 2 heterocycles. The van der Waals surface area contributed by atoms with Gasteiger partial charge in [-0.2, -0.15) is 11.1 Å². The summed E-state index contributed by atoms with van der Waals surface area (Å²) >= 11 is 0. The van der Waals surface area contributed by atoms with Gasteiger partial charge in [0, 0.05) is 24.8 Å². The Morgan fingerprint density at radius 2 is 1.37 bits per heavy atom. The topological polar surface area (TPSA) is 224 Å². The molecule has 7 N–H and O–H groups in total. The second kappa shape index (κ2) is 12.5. The number of hydrogen-bond acceptors (Lipinski definition) is 11. The molecule has 15 nitrogen and oxygen atoms in total. The first kappa shape index (κ1) is 28.1. The SMILES string of the molecule is O=C(O)CC1(CC(=O)ON2C(=O)CCC2=O)CCCCCCNNNNC1(CC(=O)O)CC(=O)O. The standard InChI is InChI=1S/C20H31N5O10/c26-13-5-6-14(27)25(13)35-18(34)12-19(9-15(28)29)7-3-1-2-4-8-21-23-24-22-20(19,10-16(30)31)11-17(32)33/h21-24H,1-12H2,(H,28,29)(H,30,31)(H,32,33). The van der Waals surface area contributed by atoms with E-state index < -0.39 is 72.3 Å². The zero-order chi connectivity index (χ0) is 26.1. The third-order valence-electron chi connectivity index (χ3n) is 6.25. The van der Waals surface area contributed by atoms with Crippen molar-refractivity contribution >= 4 is 35.7 Å². The zero-order valence-corrected chi connectivity index (χ0v) is 19.1. The average molecular weight is 501 g/mol. The number of carbonyl (C=O) groups excluding carboxylic acids is 3. The largest absolute Gasteiger partial charge is 0.481 e. The lowest BCUT2D eigenvalue weighted by Gasteiger charge is -2.49. The highest BCUT2D eigenvalue weighted by Gasteiger charge is 2.56. The number of hydrazine groups is 3. The van der Waals surface area contributed by atoms with Crippen molar-refractivity contribution < 1.29 is 48.9 Å². The van der Waals surface area contributed by atoms with Crippen LogP contribution in [0.4, 0.5) is 0 Å². The van der Waals surface area contributed by atoms with Crippen LogP contribution in [0.25, 0.3) is 0 Å². The van der Waals surface area contributed by atoms with Crippen LogP contribution in [0.5, 0.6) is 0 Å². The fourth-order valence-electron chi connectivity index (χ4n) is 4.64. The first-order valence-electron chi connectivity index (χ1n) is 11.2. The monoisotopic (exact) mass is 501 g/mol. The molecule has 2 rings (SSSR count). The van der Waals surface area contributed by atoms with Crippen LogP contribution < -0.4 is 21.9 Å². The van der Waals surface area contributed by atoms with E-state index in [1.54, 1.807) is 0 Å². The summed E-state index contributed by atoms with van der Waals surface area (Å²) in [6.07, 6.45) is -1.18. The molecule has 0 aromatic rings. The molecule has 2 aliphatic heterocycles. The van der Waals surface area contributed by atoms with Crippen molar-refractivity contribution in [1.82, 2.24) is 27.0 Å². The summed E-state index contributed by atoms with van der Waals surface area (Å²) in [6, 6.07) is 0. The summed E-state index contributed by atoms with van der Waals surface area (Å²) in [5, 5.41) is 29.4. The molecule has 15 heteroatoms. The molecule has 0 radical (unpaired) electrons. The smallest absolute Gasteiger partial charge is 0.333 e. The summed E-state index contributed by atoms with van der Waals surface area (Å²) < 4.78 is 0. The third-order valence-corrected chi connectivity index (χ3v) is 6.25. The van der Waals surface area contributed by atoms with E-state index in [0.717, 1.165) is 12.8 Å². The van der Waals surface area contributed by atoms with Crippen molar-refractivity contribution in [2.45, 2.75) is 76.2 Å². The van der Waals surface area contributed by atoms with Gasteiger partial charge >= 0.3 is 23.9 Å². The number of carboxylic acid groups (broad SMARTS) is 3. The fourth-order valence-corrected chi connectivity index (χ4v) is 4.64. The van der Waals surface area contributed by atoms with Crippen LogP contribution >= 0.6 is 0 Å². The molecular weight excluding hydrogens is 470 g/mol. The molecule has 1 unspecified atom stereocenters. The van der Waals surface area contributed by atoms with Crippen LogP contribution in [0.15, 0.2) is 0 Å². The molecule has 2 saturated heterocycles. The van der Waals surface area contributed by atoms with Gasteiger partial charge in [-0.15, -0.1) is 5.06 Å². The van der Waals surface area contributed by atoms with E-state index in [-0.39, 0.29) is 19.3 Å². The number of amides is 2. The van der Waals surface area contributed by atoms with Gasteiger partial charge in [0.1, 0.15) is 0 Å². The maximum absolute atomic E-state index is 12.9. The second-order valence-corrected chi connectivity index (χ2v) is 8.76. The van der Waals surface area contributed by atoms with E-state index in [9.17, 15) is 44.1 Å². The summed E-state index contributed by atoms with van der Waals surface area (Å²) in [4.78, 5) is 77.5. The van der Waals surface area contributed by atoms with Crippen LogP contribution in [0.3, 0.4) is 0 Å². The molecule has 0 aromatic carbocycles. The molecule has 196 valence electrons. The Kier molecular flexibility index (Phi) is 10.1. The zero-order valence-electron chi connectivity index (χ0n) is 19.1. The Morgan fingerprint density at radius 1 is 0.800 bits per heavy atom. The molecule has 0 aromatic heterocycles. The van der Waals surface area contributed by atoms with E-state index in [0.29, 0.717) is 24.4 Å². The third kappa shape index (κ3) is 7.68. The molecule has 0 saturated carbocycles. The number of hydrogen-bond donors (Lipinski definition) is 7. The number of nitrogens with one attached hydrogen (secondary N) is 4. The van der Waals surface area contributed by atoms with Crippen molar-refractivity contribution in [3.05, 3.63) is 0 Å². The van der Waals surface area contributed by atoms with Gasteiger partial charge in [-0.05, 0) is 12.8 Å². The molecule has 0 spiro atoms. The minimum atomic E-state index is -2.00. The Labute approximate surface area is 200 Å².